The van der Waals surface area contributed by atoms with Crippen LogP contribution in [0.4, 0.5) is 0 Å². The lowest BCUT2D eigenvalue weighted by molar-refractivity contribution is -0.131. The van der Waals surface area contributed by atoms with Crippen LogP contribution < -0.4 is 15.5 Å². The zero-order valence-corrected chi connectivity index (χ0v) is 13.3. The van der Waals surface area contributed by atoms with Gasteiger partial charge in [-0.1, -0.05) is 13.3 Å². The van der Waals surface area contributed by atoms with E-state index in [-0.39, 0.29) is 12.1 Å². The monoisotopic (exact) mass is 301 g/mol. The fourth-order valence-corrected chi connectivity index (χ4v) is 3.31. The van der Waals surface area contributed by atoms with Gasteiger partial charge in [-0.25, -0.2) is 5.43 Å². The molecule has 0 radical (unpaired) electrons. The average molecular weight is 301 g/mol. The number of benzene rings is 1. The first-order valence-electron chi connectivity index (χ1n) is 7.86. The summed E-state index contributed by atoms with van der Waals surface area (Å²) in [5.74, 6) is 1.24. The second kappa shape index (κ2) is 6.01. The smallest absolute Gasteiger partial charge is 0.264 e. The van der Waals surface area contributed by atoms with E-state index in [4.69, 9.17) is 4.74 Å². The maximum Gasteiger partial charge on any atom is 0.264 e. The summed E-state index contributed by atoms with van der Waals surface area (Å²) in [6.07, 6.45) is 3.88. The Morgan fingerprint density at radius 2 is 2.00 bits per heavy atom. The Hall–Kier alpha value is -2.01. The van der Waals surface area contributed by atoms with Crippen LogP contribution in [0.5, 0.6) is 5.75 Å². The molecule has 3 unspecified atom stereocenters. The lowest BCUT2D eigenvalue weighted by atomic mass is 9.93. The molecule has 2 heterocycles. The molecular weight excluding hydrogens is 278 g/mol. The molecule has 118 valence electrons. The molecule has 5 nitrogen and oxygen atoms in total. The summed E-state index contributed by atoms with van der Waals surface area (Å²) in [4.78, 5) is 12.4. The molecule has 0 aromatic heterocycles. The third-order valence-corrected chi connectivity index (χ3v) is 4.50. The number of hydrogen-bond donors (Lipinski definition) is 2. The van der Waals surface area contributed by atoms with Gasteiger partial charge in [0.2, 0.25) is 0 Å². The Morgan fingerprint density at radius 3 is 2.64 bits per heavy atom. The summed E-state index contributed by atoms with van der Waals surface area (Å²) in [6, 6.07) is 8.06. The molecule has 0 saturated carbocycles. The lowest BCUT2D eigenvalue weighted by Gasteiger charge is -2.33. The predicted molar refractivity (Wildman–Crippen MR) is 85.7 cm³/mol. The highest BCUT2D eigenvalue weighted by molar-refractivity contribution is 5.96. The molecule has 2 aliphatic heterocycles. The maximum atomic E-state index is 12.4. The largest absolute Gasteiger partial charge is 0.497 e. The van der Waals surface area contributed by atoms with Gasteiger partial charge in [0.15, 0.2) is 0 Å². The highest BCUT2D eigenvalue weighted by atomic mass is 16.5. The van der Waals surface area contributed by atoms with E-state index in [0.717, 1.165) is 29.9 Å². The molecule has 1 amide bonds. The number of hydrogen-bond acceptors (Lipinski definition) is 4. The topological polar surface area (TPSA) is 53.6 Å². The highest BCUT2D eigenvalue weighted by Crippen LogP contribution is 2.30. The molecule has 22 heavy (non-hydrogen) atoms. The van der Waals surface area contributed by atoms with Crippen molar-refractivity contribution in [3.8, 4) is 5.75 Å². The van der Waals surface area contributed by atoms with Crippen LogP contribution in [0.2, 0.25) is 0 Å². The molecule has 0 spiro atoms. The number of amides is 1. The second-order valence-electron chi connectivity index (χ2n) is 5.95. The number of nitrogens with one attached hydrogen (secondary N) is 2. The maximum absolute atomic E-state index is 12.4. The predicted octanol–water partition coefficient (Wildman–Crippen LogP) is 2.12. The van der Waals surface area contributed by atoms with Crippen molar-refractivity contribution in [3.63, 3.8) is 0 Å². The van der Waals surface area contributed by atoms with Gasteiger partial charge in [-0.2, -0.15) is 0 Å². The summed E-state index contributed by atoms with van der Waals surface area (Å²) in [5.41, 5.74) is 5.17. The van der Waals surface area contributed by atoms with Gasteiger partial charge < -0.3 is 10.1 Å². The zero-order valence-electron chi connectivity index (χ0n) is 13.3. The quantitative estimate of drug-likeness (QED) is 0.894. The highest BCUT2D eigenvalue weighted by Gasteiger charge is 2.43. The molecule has 2 N–H and O–H groups in total. The van der Waals surface area contributed by atoms with Gasteiger partial charge in [-0.15, -0.1) is 0 Å². The van der Waals surface area contributed by atoms with Gasteiger partial charge in [0.25, 0.3) is 5.91 Å². The first-order chi connectivity index (χ1) is 10.6. The third kappa shape index (κ3) is 2.57. The van der Waals surface area contributed by atoms with E-state index in [1.807, 2.05) is 24.3 Å². The summed E-state index contributed by atoms with van der Waals surface area (Å²) >= 11 is 0. The van der Waals surface area contributed by atoms with Crippen LogP contribution in [-0.2, 0) is 4.79 Å². The lowest BCUT2D eigenvalue weighted by Crippen LogP contribution is -2.52. The molecule has 1 aromatic carbocycles. The van der Waals surface area contributed by atoms with Crippen LogP contribution in [0.1, 0.15) is 32.3 Å². The number of hydrazine groups is 1. The van der Waals surface area contributed by atoms with E-state index in [9.17, 15) is 4.79 Å². The first kappa shape index (κ1) is 14.9. The van der Waals surface area contributed by atoms with E-state index < -0.39 is 0 Å². The fourth-order valence-electron chi connectivity index (χ4n) is 3.31. The molecular formula is C17H23N3O2. The van der Waals surface area contributed by atoms with E-state index in [1.165, 1.54) is 0 Å². The van der Waals surface area contributed by atoms with Gasteiger partial charge >= 0.3 is 0 Å². The standard InChI is InChI=1S/C17H23N3O2/c1-4-5-14-11(2)19-20-16(21)10-15(18-17(14)20)12-6-8-13(22-3)9-7-12/h6-11,14,17-19H,4-5H2,1-3H3. The van der Waals surface area contributed by atoms with Gasteiger partial charge in [-0.3, -0.25) is 9.80 Å². The number of ether oxygens (including phenoxy) is 1. The van der Waals surface area contributed by atoms with E-state index in [0.29, 0.717) is 12.0 Å². The Morgan fingerprint density at radius 1 is 1.27 bits per heavy atom. The minimum atomic E-state index is 0.0139. The Balaban J connectivity index is 1.85. The molecule has 3 atom stereocenters. The number of rotatable bonds is 4. The zero-order chi connectivity index (χ0) is 15.7. The van der Waals surface area contributed by atoms with E-state index in [2.05, 4.69) is 24.6 Å². The van der Waals surface area contributed by atoms with Crippen molar-refractivity contribution >= 4 is 11.6 Å². The van der Waals surface area contributed by atoms with E-state index >= 15 is 0 Å². The number of carbonyl (C=O) groups is 1. The first-order valence-corrected chi connectivity index (χ1v) is 7.86. The van der Waals surface area contributed by atoms with E-state index in [1.54, 1.807) is 18.2 Å². The number of fused-ring (bicyclic) bond motifs is 1. The molecule has 3 rings (SSSR count). The Labute approximate surface area is 131 Å². The average Bonchev–Trinajstić information content (AvgIpc) is 2.85. The van der Waals surface area contributed by atoms with Crippen molar-refractivity contribution < 1.29 is 9.53 Å². The van der Waals surface area contributed by atoms with Crippen LogP contribution in [-0.4, -0.2) is 30.2 Å². The van der Waals surface area contributed by atoms with Gasteiger partial charge in [0.05, 0.1) is 7.11 Å². The molecule has 2 aliphatic rings. The third-order valence-electron chi connectivity index (χ3n) is 4.50. The van der Waals surface area contributed by atoms with Crippen molar-refractivity contribution in [2.75, 3.05) is 7.11 Å². The van der Waals surface area contributed by atoms with Crippen molar-refractivity contribution in [3.05, 3.63) is 35.9 Å². The van der Waals surface area contributed by atoms with Crippen LogP contribution in [0.15, 0.2) is 30.3 Å². The summed E-state index contributed by atoms with van der Waals surface area (Å²) < 4.78 is 5.19. The molecule has 1 fully saturated rings. The van der Waals surface area contributed by atoms with Crippen LogP contribution in [0.3, 0.4) is 0 Å². The number of methoxy groups -OCH3 is 1. The number of carbonyl (C=O) groups excluding carboxylic acids is 1. The minimum absolute atomic E-state index is 0.0139. The minimum Gasteiger partial charge on any atom is -0.497 e. The van der Waals surface area contributed by atoms with Gasteiger partial charge in [0.1, 0.15) is 11.9 Å². The summed E-state index contributed by atoms with van der Waals surface area (Å²) in [5, 5.41) is 5.26. The Bertz CT molecular complexity index is 582. The van der Waals surface area contributed by atoms with Crippen molar-refractivity contribution in [1.29, 1.82) is 0 Å². The van der Waals surface area contributed by atoms with Crippen LogP contribution in [0.25, 0.3) is 5.70 Å². The SMILES string of the molecule is CCCC1C(C)NN2C(=O)C=C(c3ccc(OC)cc3)NC12. The van der Waals surface area contributed by atoms with Crippen LogP contribution in [0, 0.1) is 5.92 Å². The summed E-state index contributed by atoms with van der Waals surface area (Å²) in [7, 11) is 1.65. The molecule has 0 aliphatic carbocycles. The van der Waals surface area contributed by atoms with Crippen molar-refractivity contribution in [2.45, 2.75) is 38.9 Å². The Kier molecular flexibility index (Phi) is 4.07. The second-order valence-corrected chi connectivity index (χ2v) is 5.95. The normalized spacial score (nSPS) is 27.2. The van der Waals surface area contributed by atoms with Crippen molar-refractivity contribution in [1.82, 2.24) is 15.8 Å². The summed E-state index contributed by atoms with van der Waals surface area (Å²) in [6.45, 7) is 4.32. The van der Waals surface area contributed by atoms with Gasteiger partial charge in [-0.05, 0) is 43.2 Å². The van der Waals surface area contributed by atoms with Crippen LogP contribution >= 0.6 is 0 Å². The molecule has 1 aromatic rings. The number of nitrogens with zero attached hydrogens (tertiary/aromatic N) is 1. The fraction of sp³-hybridized carbons (Fsp3) is 0.471. The van der Waals surface area contributed by atoms with Gasteiger partial charge in [0, 0.05) is 23.7 Å². The molecule has 1 saturated heterocycles. The molecule has 0 bridgehead atoms. The molecule has 5 heteroatoms. The van der Waals surface area contributed by atoms with Crippen molar-refractivity contribution in [2.24, 2.45) is 5.92 Å².